The summed E-state index contributed by atoms with van der Waals surface area (Å²) in [6, 6.07) is 6.62. The molecule has 1 atom stereocenters. The normalized spacial score (nSPS) is 12.7. The van der Waals surface area contributed by atoms with Crippen LogP contribution in [0.5, 0.6) is 0 Å². The Kier molecular flexibility index (Phi) is 5.43. The van der Waals surface area contributed by atoms with Crippen LogP contribution in [-0.2, 0) is 6.42 Å². The zero-order valence-corrected chi connectivity index (χ0v) is 14.8. The highest BCUT2D eigenvalue weighted by molar-refractivity contribution is 9.13. The highest BCUT2D eigenvalue weighted by Gasteiger charge is 2.16. The topological polar surface area (TPSA) is 12.0 Å². The van der Waals surface area contributed by atoms with Gasteiger partial charge < -0.3 is 5.32 Å². The van der Waals surface area contributed by atoms with Crippen LogP contribution in [0.1, 0.15) is 16.5 Å². The maximum Gasteiger partial charge on any atom is 0.123 e. The summed E-state index contributed by atoms with van der Waals surface area (Å²) in [5.74, 6) is -0.261. The van der Waals surface area contributed by atoms with Gasteiger partial charge in [0.1, 0.15) is 5.82 Å². The fourth-order valence-electron chi connectivity index (χ4n) is 1.80. The first-order valence-corrected chi connectivity index (χ1v) is 8.35. The van der Waals surface area contributed by atoms with Crippen molar-refractivity contribution in [2.24, 2.45) is 0 Å². The molecule has 0 bridgehead atoms. The first-order valence-electron chi connectivity index (χ1n) is 5.57. The Hall–Kier alpha value is 0.0600. The number of benzene rings is 1. The van der Waals surface area contributed by atoms with Crippen LogP contribution in [0.3, 0.4) is 0 Å². The summed E-state index contributed by atoms with van der Waals surface area (Å²) in [5.41, 5.74) is 0.807. The van der Waals surface area contributed by atoms with Crippen molar-refractivity contribution in [2.45, 2.75) is 12.5 Å². The van der Waals surface area contributed by atoms with Crippen molar-refractivity contribution in [3.8, 4) is 0 Å². The number of halogens is 4. The second-order valence-corrected chi connectivity index (χ2v) is 7.71. The molecule has 102 valence electrons. The third kappa shape index (κ3) is 3.79. The molecule has 1 nitrogen and oxygen atoms in total. The summed E-state index contributed by atoms with van der Waals surface area (Å²) in [4.78, 5) is 1.17. The average Bonchev–Trinajstić information content (AvgIpc) is 2.70. The minimum atomic E-state index is -0.261. The molecule has 1 unspecified atom stereocenters. The Morgan fingerprint density at radius 3 is 2.68 bits per heavy atom. The van der Waals surface area contributed by atoms with E-state index in [1.807, 2.05) is 7.05 Å². The van der Waals surface area contributed by atoms with Gasteiger partial charge >= 0.3 is 0 Å². The van der Waals surface area contributed by atoms with E-state index < -0.39 is 0 Å². The standard InChI is InChI=1S/C13H11Br2ClFNS/c1-18-11(12-6-9(14)13(15)19-12)5-7-4-8(17)2-3-10(7)16/h2-4,6,11,18H,5H2,1H3. The lowest BCUT2D eigenvalue weighted by atomic mass is 10.0. The quantitative estimate of drug-likeness (QED) is 0.673. The number of thiophene rings is 1. The van der Waals surface area contributed by atoms with Gasteiger partial charge in [-0.05, 0) is 75.2 Å². The van der Waals surface area contributed by atoms with E-state index in [1.54, 1.807) is 17.4 Å². The van der Waals surface area contributed by atoms with Gasteiger partial charge in [0, 0.05) is 20.4 Å². The maximum absolute atomic E-state index is 13.3. The molecular formula is C13H11Br2ClFNS. The van der Waals surface area contributed by atoms with Crippen LogP contribution in [0, 0.1) is 5.82 Å². The van der Waals surface area contributed by atoms with Gasteiger partial charge in [0.25, 0.3) is 0 Å². The predicted molar refractivity (Wildman–Crippen MR) is 86.6 cm³/mol. The van der Waals surface area contributed by atoms with Crippen LogP contribution in [0.2, 0.25) is 5.02 Å². The van der Waals surface area contributed by atoms with Crippen molar-refractivity contribution in [1.29, 1.82) is 0 Å². The van der Waals surface area contributed by atoms with Crippen LogP contribution >= 0.6 is 54.8 Å². The van der Waals surface area contributed by atoms with Crippen molar-refractivity contribution in [2.75, 3.05) is 7.05 Å². The second kappa shape index (κ2) is 6.68. The molecule has 0 amide bonds. The molecule has 0 aliphatic rings. The fraction of sp³-hybridized carbons (Fsp3) is 0.231. The van der Waals surface area contributed by atoms with E-state index in [0.717, 1.165) is 13.8 Å². The lowest BCUT2D eigenvalue weighted by molar-refractivity contribution is 0.592. The molecule has 2 aromatic rings. The molecule has 0 spiro atoms. The molecule has 0 saturated carbocycles. The number of likely N-dealkylation sites (N-methyl/N-ethyl adjacent to an activating group) is 1. The predicted octanol–water partition coefficient (Wildman–Crippen LogP) is 5.57. The SMILES string of the molecule is CNC(Cc1cc(F)ccc1Cl)c1cc(Br)c(Br)s1. The lowest BCUT2D eigenvalue weighted by Crippen LogP contribution is -2.18. The summed E-state index contributed by atoms with van der Waals surface area (Å²) < 4.78 is 15.4. The summed E-state index contributed by atoms with van der Waals surface area (Å²) in [6.07, 6.45) is 0.645. The van der Waals surface area contributed by atoms with Crippen LogP contribution in [0.25, 0.3) is 0 Å². The van der Waals surface area contributed by atoms with E-state index in [-0.39, 0.29) is 11.9 Å². The number of nitrogens with one attached hydrogen (secondary N) is 1. The van der Waals surface area contributed by atoms with Crippen LogP contribution < -0.4 is 5.32 Å². The largest absolute Gasteiger partial charge is 0.312 e. The molecule has 1 aromatic heterocycles. The Bertz CT molecular complexity index is 569. The van der Waals surface area contributed by atoms with Crippen molar-refractivity contribution < 1.29 is 4.39 Å². The van der Waals surface area contributed by atoms with E-state index >= 15 is 0 Å². The zero-order valence-electron chi connectivity index (χ0n) is 10.0. The van der Waals surface area contributed by atoms with Crippen LogP contribution in [-0.4, -0.2) is 7.05 Å². The number of hydrogen-bond acceptors (Lipinski definition) is 2. The molecule has 19 heavy (non-hydrogen) atoms. The van der Waals surface area contributed by atoms with Gasteiger partial charge in [0.05, 0.1) is 3.79 Å². The van der Waals surface area contributed by atoms with Gasteiger partial charge in [-0.2, -0.15) is 0 Å². The number of rotatable bonds is 4. The molecule has 6 heteroatoms. The first kappa shape index (κ1) is 15.4. The first-order chi connectivity index (χ1) is 9.01. The van der Waals surface area contributed by atoms with Gasteiger partial charge in [-0.25, -0.2) is 4.39 Å². The molecule has 1 N–H and O–H groups in total. The second-order valence-electron chi connectivity index (χ2n) is 4.05. The summed E-state index contributed by atoms with van der Waals surface area (Å²) in [6.45, 7) is 0. The molecule has 1 heterocycles. The highest BCUT2D eigenvalue weighted by Crippen LogP contribution is 2.37. The van der Waals surface area contributed by atoms with Gasteiger partial charge in [0.2, 0.25) is 0 Å². The molecule has 0 fully saturated rings. The van der Waals surface area contributed by atoms with Crippen molar-refractivity contribution in [1.82, 2.24) is 5.32 Å². The molecular weight excluding hydrogens is 416 g/mol. The molecule has 0 radical (unpaired) electrons. The van der Waals surface area contributed by atoms with Gasteiger partial charge in [-0.1, -0.05) is 11.6 Å². The van der Waals surface area contributed by atoms with E-state index in [1.165, 1.54) is 17.0 Å². The molecule has 0 saturated heterocycles. The smallest absolute Gasteiger partial charge is 0.123 e. The van der Waals surface area contributed by atoms with Gasteiger partial charge in [-0.3, -0.25) is 0 Å². The summed E-state index contributed by atoms with van der Waals surface area (Å²) in [5, 5.41) is 3.84. The third-order valence-corrected chi connectivity index (χ3v) is 6.53. The maximum atomic E-state index is 13.3. The Labute approximate surface area is 137 Å². The lowest BCUT2D eigenvalue weighted by Gasteiger charge is -2.15. The van der Waals surface area contributed by atoms with E-state index in [4.69, 9.17) is 11.6 Å². The molecule has 1 aromatic carbocycles. The zero-order chi connectivity index (χ0) is 14.0. The molecule has 2 rings (SSSR count). The fourth-order valence-corrected chi connectivity index (χ4v) is 4.19. The van der Waals surface area contributed by atoms with E-state index in [2.05, 4.69) is 43.2 Å². The monoisotopic (exact) mass is 425 g/mol. The number of hydrogen-bond donors (Lipinski definition) is 1. The van der Waals surface area contributed by atoms with Crippen molar-refractivity contribution in [3.63, 3.8) is 0 Å². The summed E-state index contributed by atoms with van der Waals surface area (Å²) >= 11 is 14.7. The van der Waals surface area contributed by atoms with E-state index in [9.17, 15) is 4.39 Å². The minimum Gasteiger partial charge on any atom is -0.312 e. The van der Waals surface area contributed by atoms with E-state index in [0.29, 0.717) is 11.4 Å². The third-order valence-electron chi connectivity index (χ3n) is 2.79. The van der Waals surface area contributed by atoms with Gasteiger partial charge in [0.15, 0.2) is 0 Å². The Morgan fingerprint density at radius 1 is 1.37 bits per heavy atom. The average molecular weight is 428 g/mol. The molecule has 0 aliphatic carbocycles. The summed E-state index contributed by atoms with van der Waals surface area (Å²) in [7, 11) is 1.89. The van der Waals surface area contributed by atoms with Crippen molar-refractivity contribution in [3.05, 3.63) is 53.8 Å². The Balaban J connectivity index is 2.26. The highest BCUT2D eigenvalue weighted by atomic mass is 79.9. The minimum absolute atomic E-state index is 0.104. The van der Waals surface area contributed by atoms with Crippen LogP contribution in [0.15, 0.2) is 32.5 Å². The van der Waals surface area contributed by atoms with Crippen molar-refractivity contribution >= 4 is 54.8 Å². The Morgan fingerprint density at radius 2 is 2.11 bits per heavy atom. The van der Waals surface area contributed by atoms with Crippen LogP contribution in [0.4, 0.5) is 4.39 Å². The molecule has 0 aliphatic heterocycles. The van der Waals surface area contributed by atoms with Gasteiger partial charge in [-0.15, -0.1) is 11.3 Å².